The molecule has 0 aromatic carbocycles. The second-order valence-electron chi connectivity index (χ2n) is 13.7. The Balaban J connectivity index is 2.54. The van der Waals surface area contributed by atoms with Gasteiger partial charge in [-0.05, 0) is 59.4 Å². The summed E-state index contributed by atoms with van der Waals surface area (Å²) in [4.78, 5) is 29.0. The first-order valence-corrected chi connectivity index (χ1v) is 15.8. The summed E-state index contributed by atoms with van der Waals surface area (Å²) in [6, 6.07) is -0.00436. The van der Waals surface area contributed by atoms with Crippen molar-refractivity contribution in [2.45, 2.75) is 141 Å². The average molecular weight is 612 g/mol. The molecule has 12 atom stereocenters. The van der Waals surface area contributed by atoms with Gasteiger partial charge >= 0.3 is 5.97 Å². The molecule has 2 saturated heterocycles. The zero-order valence-electron chi connectivity index (χ0n) is 27.7. The third-order valence-electron chi connectivity index (χ3n) is 9.97. The number of aliphatic hydroxyl groups is 4. The maximum absolute atomic E-state index is 13.7. The lowest BCUT2D eigenvalue weighted by atomic mass is 9.72. The van der Waals surface area contributed by atoms with E-state index in [1.54, 1.807) is 34.6 Å². The van der Waals surface area contributed by atoms with Gasteiger partial charge in [-0.3, -0.25) is 9.59 Å². The minimum Gasteiger partial charge on any atom is -0.459 e. The highest BCUT2D eigenvalue weighted by atomic mass is 16.6. The van der Waals surface area contributed by atoms with E-state index in [0.29, 0.717) is 25.8 Å². The molecule has 2 heterocycles. The van der Waals surface area contributed by atoms with Crippen LogP contribution in [0, 0.1) is 36.0 Å². The van der Waals surface area contributed by atoms with Crippen LogP contribution in [0.25, 0.3) is 0 Å². The number of carbonyl (C=O) groups is 2. The summed E-state index contributed by atoms with van der Waals surface area (Å²) in [6.45, 7) is 12.3. The number of ether oxygens (including phenoxy) is 3. The lowest BCUT2D eigenvalue weighted by Crippen LogP contribution is -2.57. The van der Waals surface area contributed by atoms with Crippen molar-refractivity contribution in [2.24, 2.45) is 23.7 Å². The molecule has 0 aromatic heterocycles. The van der Waals surface area contributed by atoms with Crippen LogP contribution in [0.2, 0.25) is 0 Å². The number of rotatable bonds is 7. The minimum atomic E-state index is -1.92. The molecule has 10 heteroatoms. The number of esters is 1. The van der Waals surface area contributed by atoms with E-state index in [2.05, 4.69) is 10.8 Å². The van der Waals surface area contributed by atoms with Crippen LogP contribution in [0.3, 0.4) is 0 Å². The molecule has 0 radical (unpaired) electrons. The van der Waals surface area contributed by atoms with Gasteiger partial charge in [0.1, 0.15) is 17.5 Å². The number of hydrogen-bond acceptors (Lipinski definition) is 10. The van der Waals surface area contributed by atoms with E-state index in [1.807, 2.05) is 14.0 Å². The van der Waals surface area contributed by atoms with Crippen molar-refractivity contribution in [3.05, 3.63) is 0 Å². The van der Waals surface area contributed by atoms with Gasteiger partial charge < -0.3 is 39.5 Å². The van der Waals surface area contributed by atoms with Crippen molar-refractivity contribution in [2.75, 3.05) is 20.7 Å². The van der Waals surface area contributed by atoms with E-state index >= 15 is 0 Å². The predicted octanol–water partition coefficient (Wildman–Crippen LogP) is 2.67. The van der Waals surface area contributed by atoms with Crippen LogP contribution in [-0.4, -0.2) is 105 Å². The molecule has 2 aliphatic rings. The summed E-state index contributed by atoms with van der Waals surface area (Å²) in [5.41, 5.74) is -3.06. The Morgan fingerprint density at radius 3 is 2.26 bits per heavy atom. The van der Waals surface area contributed by atoms with E-state index in [0.717, 1.165) is 0 Å². The Labute approximate surface area is 258 Å². The summed E-state index contributed by atoms with van der Waals surface area (Å²) >= 11 is 0. The molecule has 1 unspecified atom stereocenters. The van der Waals surface area contributed by atoms with E-state index < -0.39 is 64.9 Å². The molecular weight excluding hydrogens is 554 g/mol. The fraction of sp³-hybridized carbons (Fsp3) is 0.879. The molecule has 248 valence electrons. The van der Waals surface area contributed by atoms with Crippen molar-refractivity contribution < 1.29 is 44.2 Å². The minimum absolute atomic E-state index is 0.00436. The molecule has 0 saturated carbocycles. The van der Waals surface area contributed by atoms with Gasteiger partial charge in [-0.25, -0.2) is 0 Å². The Morgan fingerprint density at radius 2 is 1.70 bits per heavy atom. The van der Waals surface area contributed by atoms with Crippen LogP contribution in [0.1, 0.15) is 93.4 Å². The maximum Gasteiger partial charge on any atom is 0.311 e. The third-order valence-corrected chi connectivity index (χ3v) is 9.97. The molecule has 43 heavy (non-hydrogen) atoms. The number of nitrogens with zero attached hydrogens (tertiary/aromatic N) is 1. The van der Waals surface area contributed by atoms with E-state index in [4.69, 9.17) is 20.6 Å². The van der Waals surface area contributed by atoms with Crippen LogP contribution < -0.4 is 0 Å². The smallest absolute Gasteiger partial charge is 0.311 e. The fourth-order valence-electron chi connectivity index (χ4n) is 7.31. The Hall–Kier alpha value is -1.58. The molecule has 2 aliphatic heterocycles. The van der Waals surface area contributed by atoms with Crippen LogP contribution in [0.15, 0.2) is 0 Å². The van der Waals surface area contributed by atoms with Gasteiger partial charge in [0.2, 0.25) is 0 Å². The molecule has 0 bridgehead atoms. The van der Waals surface area contributed by atoms with Gasteiger partial charge in [-0.2, -0.15) is 0 Å². The zero-order valence-corrected chi connectivity index (χ0v) is 27.7. The molecule has 0 spiro atoms. The lowest BCUT2D eigenvalue weighted by molar-refractivity contribution is -0.286. The number of terminal acetylenes is 1. The molecule has 2 fully saturated rings. The normalized spacial score (nSPS) is 44.0. The number of aliphatic hydroxyl groups excluding tert-OH is 2. The first-order chi connectivity index (χ1) is 19.9. The molecule has 0 aliphatic carbocycles. The fourth-order valence-corrected chi connectivity index (χ4v) is 7.31. The topological polar surface area (TPSA) is 146 Å². The highest BCUT2D eigenvalue weighted by molar-refractivity contribution is 5.83. The Morgan fingerprint density at radius 1 is 1.07 bits per heavy atom. The van der Waals surface area contributed by atoms with Gasteiger partial charge in [0.05, 0.1) is 29.8 Å². The summed E-state index contributed by atoms with van der Waals surface area (Å²) < 4.78 is 18.0. The molecular formula is C33H57NO9. The lowest BCUT2D eigenvalue weighted by Gasteiger charge is -2.48. The monoisotopic (exact) mass is 611 g/mol. The first kappa shape index (κ1) is 37.6. The zero-order chi connectivity index (χ0) is 32.9. The summed E-state index contributed by atoms with van der Waals surface area (Å²) in [5, 5.41) is 45.8. The SMILES string of the molecule is C#CCCN(C)[C@H]1C[C@@H](C)O[C@@](O)(C[C@@]2(OC)C[C@@H](C)C(=O)[C@H](C)C(O)[C@](C)(O)[C@@H](CC)OC(=O)[C@H](C)[C@@H](O)[C@@H](C)C2)C1. The van der Waals surface area contributed by atoms with Crippen LogP contribution >= 0.6 is 0 Å². The number of methoxy groups -OCH3 is 1. The highest BCUT2D eigenvalue weighted by Gasteiger charge is 2.51. The quantitative estimate of drug-likeness (QED) is 0.250. The van der Waals surface area contributed by atoms with Crippen molar-refractivity contribution in [1.82, 2.24) is 4.90 Å². The Kier molecular flexibility index (Phi) is 13.2. The molecule has 0 aromatic rings. The number of Topliss-reactive ketones (excluding diaryl/α,β-unsaturated/α-hetero) is 1. The second kappa shape index (κ2) is 15.1. The average Bonchev–Trinajstić information content (AvgIpc) is 2.94. The predicted molar refractivity (Wildman–Crippen MR) is 163 cm³/mol. The van der Waals surface area contributed by atoms with E-state index in [1.165, 1.54) is 14.0 Å². The van der Waals surface area contributed by atoms with Crippen molar-refractivity contribution in [1.29, 1.82) is 0 Å². The van der Waals surface area contributed by atoms with Crippen LogP contribution in [0.4, 0.5) is 0 Å². The summed E-state index contributed by atoms with van der Waals surface area (Å²) in [7, 11) is 3.48. The summed E-state index contributed by atoms with van der Waals surface area (Å²) in [6.07, 6.45) is 3.63. The molecule has 0 amide bonds. The van der Waals surface area contributed by atoms with Gasteiger partial charge in [0.25, 0.3) is 0 Å². The first-order valence-electron chi connectivity index (χ1n) is 15.8. The second-order valence-corrected chi connectivity index (χ2v) is 13.7. The van der Waals surface area contributed by atoms with E-state index in [-0.39, 0.29) is 43.6 Å². The van der Waals surface area contributed by atoms with Gasteiger partial charge in [-0.1, -0.05) is 27.7 Å². The molecule has 10 nitrogen and oxygen atoms in total. The molecule has 4 N–H and O–H groups in total. The van der Waals surface area contributed by atoms with Crippen LogP contribution in [0.5, 0.6) is 0 Å². The van der Waals surface area contributed by atoms with Crippen LogP contribution in [-0.2, 0) is 23.8 Å². The third kappa shape index (κ3) is 9.00. The van der Waals surface area contributed by atoms with Gasteiger partial charge in [0, 0.05) is 50.8 Å². The number of carbonyl (C=O) groups excluding carboxylic acids is 2. The van der Waals surface area contributed by atoms with Crippen molar-refractivity contribution in [3.8, 4) is 12.3 Å². The number of ketones is 1. The largest absolute Gasteiger partial charge is 0.459 e. The van der Waals surface area contributed by atoms with Crippen molar-refractivity contribution in [3.63, 3.8) is 0 Å². The number of cyclic esters (lactones) is 1. The number of hydrogen-bond donors (Lipinski definition) is 4. The van der Waals surface area contributed by atoms with E-state index in [9.17, 15) is 30.0 Å². The van der Waals surface area contributed by atoms with Gasteiger partial charge in [-0.15, -0.1) is 12.3 Å². The Bertz CT molecular complexity index is 982. The molecule has 2 rings (SSSR count). The maximum atomic E-state index is 13.7. The highest BCUT2D eigenvalue weighted by Crippen LogP contribution is 2.43. The van der Waals surface area contributed by atoms with Gasteiger partial charge in [0.15, 0.2) is 5.79 Å². The van der Waals surface area contributed by atoms with Crippen molar-refractivity contribution >= 4 is 11.8 Å². The standard InChI is InChI=1S/C33H57NO9/c1-11-13-14-34(9)25-15-22(5)43-33(40,18-25)19-32(41-10)16-20(3)27(35)23(6)29(37)31(8,39)26(12-2)42-30(38)24(7)28(36)21(4)17-32/h1,20-26,28-29,36-37,39-40H,12-19H2,2-10H3/t20-,21+,22-,23+,24-,25+,26-,28+,29?,31-,32-,33-/m1/s1. The summed E-state index contributed by atoms with van der Waals surface area (Å²) in [5.74, 6) is -3.05.